The first-order valence-corrected chi connectivity index (χ1v) is 12.2. The van der Waals surface area contributed by atoms with Crippen LogP contribution in [0.15, 0.2) is 41.3 Å². The molecule has 1 aromatic carbocycles. The van der Waals surface area contributed by atoms with E-state index in [-0.39, 0.29) is 5.82 Å². The van der Waals surface area contributed by atoms with E-state index in [9.17, 15) is 37.1 Å². The Kier molecular flexibility index (Phi) is 10.2. The molecular weight excluding hydrogens is 557 g/mol. The number of amides is 2. The van der Waals surface area contributed by atoms with Crippen molar-refractivity contribution in [1.82, 2.24) is 14.9 Å². The SMILES string of the molecule is CC(=O)OC[C@H]1O[C@@H](n2cc(C)c(NC(=O)c3ccccc3)nc2=O)[C@H](OCCNC(=O)C(F)(F)F)[C@@H]1OC(C)=O. The van der Waals surface area contributed by atoms with Gasteiger partial charge in [0.15, 0.2) is 12.3 Å². The number of hydrogen-bond donors (Lipinski definition) is 2. The van der Waals surface area contributed by atoms with Gasteiger partial charge in [0.2, 0.25) is 0 Å². The van der Waals surface area contributed by atoms with Crippen molar-refractivity contribution < 1.29 is 51.3 Å². The summed E-state index contributed by atoms with van der Waals surface area (Å²) < 4.78 is 60.3. The molecule has 2 aromatic rings. The minimum Gasteiger partial charge on any atom is -0.463 e. The van der Waals surface area contributed by atoms with Crippen molar-refractivity contribution in [3.63, 3.8) is 0 Å². The van der Waals surface area contributed by atoms with Crippen LogP contribution in [0.3, 0.4) is 0 Å². The maximum Gasteiger partial charge on any atom is 0.471 e. The minimum absolute atomic E-state index is 0.0431. The molecule has 16 heteroatoms. The summed E-state index contributed by atoms with van der Waals surface area (Å²) in [5, 5.41) is 4.18. The summed E-state index contributed by atoms with van der Waals surface area (Å²) in [5.74, 6) is -4.22. The van der Waals surface area contributed by atoms with Crippen molar-refractivity contribution in [3.8, 4) is 0 Å². The number of esters is 2. The Hall–Kier alpha value is -4.31. The maximum absolute atomic E-state index is 13.1. The molecule has 3 rings (SSSR count). The molecule has 0 spiro atoms. The third kappa shape index (κ3) is 8.34. The number of anilines is 1. The van der Waals surface area contributed by atoms with Crippen LogP contribution in [0.4, 0.5) is 19.0 Å². The van der Waals surface area contributed by atoms with Crippen LogP contribution in [0.2, 0.25) is 0 Å². The van der Waals surface area contributed by atoms with Crippen LogP contribution in [0, 0.1) is 6.92 Å². The molecule has 0 radical (unpaired) electrons. The summed E-state index contributed by atoms with van der Waals surface area (Å²) in [6, 6.07) is 8.17. The highest BCUT2D eigenvalue weighted by Gasteiger charge is 2.49. The smallest absolute Gasteiger partial charge is 0.463 e. The fourth-order valence-electron chi connectivity index (χ4n) is 3.88. The Morgan fingerprint density at radius 3 is 2.37 bits per heavy atom. The minimum atomic E-state index is -5.11. The lowest BCUT2D eigenvalue weighted by atomic mass is 10.1. The van der Waals surface area contributed by atoms with Gasteiger partial charge in [-0.1, -0.05) is 18.2 Å². The molecule has 2 amide bonds. The first-order chi connectivity index (χ1) is 19.3. The van der Waals surface area contributed by atoms with E-state index in [1.807, 2.05) is 0 Å². The van der Waals surface area contributed by atoms with Crippen molar-refractivity contribution in [2.75, 3.05) is 25.1 Å². The highest BCUT2D eigenvalue weighted by atomic mass is 19.4. The number of carbonyl (C=O) groups is 4. The normalized spacial score (nSPS) is 20.2. The molecular formula is C25H27F3N4O9. The predicted molar refractivity (Wildman–Crippen MR) is 133 cm³/mol. The number of ether oxygens (including phenoxy) is 4. The topological polar surface area (TPSA) is 164 Å². The first-order valence-electron chi connectivity index (χ1n) is 12.2. The molecule has 1 saturated heterocycles. The summed E-state index contributed by atoms with van der Waals surface area (Å²) >= 11 is 0. The van der Waals surface area contributed by atoms with Gasteiger partial charge in [-0.15, -0.1) is 0 Å². The zero-order chi connectivity index (χ0) is 30.3. The number of rotatable bonds is 10. The molecule has 1 aromatic heterocycles. The Bertz CT molecular complexity index is 1330. The average molecular weight is 585 g/mol. The lowest BCUT2D eigenvalue weighted by Crippen LogP contribution is -2.43. The van der Waals surface area contributed by atoms with Gasteiger partial charge in [-0.3, -0.25) is 23.7 Å². The van der Waals surface area contributed by atoms with Crippen molar-refractivity contribution in [3.05, 3.63) is 58.1 Å². The van der Waals surface area contributed by atoms with Gasteiger partial charge in [0.25, 0.3) is 5.91 Å². The van der Waals surface area contributed by atoms with Crippen LogP contribution in [0.1, 0.15) is 36.0 Å². The van der Waals surface area contributed by atoms with Crippen LogP contribution in [-0.2, 0) is 33.3 Å². The molecule has 1 aliphatic rings. The zero-order valence-electron chi connectivity index (χ0n) is 22.1. The Morgan fingerprint density at radius 1 is 1.07 bits per heavy atom. The average Bonchev–Trinajstić information content (AvgIpc) is 3.23. The summed E-state index contributed by atoms with van der Waals surface area (Å²) in [6.45, 7) is 2.25. The Labute approximate surface area is 230 Å². The van der Waals surface area contributed by atoms with Crippen LogP contribution < -0.4 is 16.3 Å². The van der Waals surface area contributed by atoms with Gasteiger partial charge in [0, 0.05) is 37.7 Å². The fourth-order valence-corrected chi connectivity index (χ4v) is 3.88. The molecule has 0 bridgehead atoms. The standard InChI is InChI=1S/C25H27F3N4O9/c1-13-11-32(24(37)31-20(13)30-21(35)16-7-5-4-6-8-16)22-19(38-10-9-29-23(36)25(26,27)28)18(40-15(3)34)17(41-22)12-39-14(2)33/h4-8,11,17-19,22H,9-10,12H2,1-3H3,(H,29,36)(H,30,31,35,37)/t17-,18-,19-,22-/m1/s1. The number of carbonyl (C=O) groups excluding carboxylic acids is 4. The van der Waals surface area contributed by atoms with Crippen LogP contribution >= 0.6 is 0 Å². The molecule has 0 aliphatic carbocycles. The molecule has 2 N–H and O–H groups in total. The van der Waals surface area contributed by atoms with Crippen molar-refractivity contribution in [2.24, 2.45) is 0 Å². The molecule has 1 fully saturated rings. The van der Waals surface area contributed by atoms with E-state index in [0.29, 0.717) is 11.1 Å². The van der Waals surface area contributed by atoms with E-state index in [1.165, 1.54) is 6.20 Å². The molecule has 4 atom stereocenters. The zero-order valence-corrected chi connectivity index (χ0v) is 22.1. The summed E-state index contributed by atoms with van der Waals surface area (Å²) in [6.07, 6.45) is -8.92. The highest BCUT2D eigenvalue weighted by molar-refractivity contribution is 6.04. The number of halogens is 3. The van der Waals surface area contributed by atoms with E-state index in [1.54, 1.807) is 42.6 Å². The summed E-state index contributed by atoms with van der Waals surface area (Å²) in [5.41, 5.74) is -0.278. The number of hydrogen-bond acceptors (Lipinski definition) is 10. The molecule has 0 unspecified atom stereocenters. The van der Waals surface area contributed by atoms with E-state index in [0.717, 1.165) is 18.4 Å². The Morgan fingerprint density at radius 2 is 1.76 bits per heavy atom. The highest BCUT2D eigenvalue weighted by Crippen LogP contribution is 2.34. The van der Waals surface area contributed by atoms with Gasteiger partial charge in [-0.2, -0.15) is 18.2 Å². The van der Waals surface area contributed by atoms with Crippen LogP contribution in [0.25, 0.3) is 0 Å². The van der Waals surface area contributed by atoms with Gasteiger partial charge in [-0.25, -0.2) is 4.79 Å². The predicted octanol–water partition coefficient (Wildman–Crippen LogP) is 1.26. The van der Waals surface area contributed by atoms with Crippen molar-refractivity contribution in [2.45, 2.75) is 51.5 Å². The van der Waals surface area contributed by atoms with E-state index < -0.39 is 79.9 Å². The number of aromatic nitrogens is 2. The maximum atomic E-state index is 13.1. The first kappa shape index (κ1) is 31.2. The number of aryl methyl sites for hydroxylation is 1. The molecule has 13 nitrogen and oxygen atoms in total. The number of benzene rings is 1. The lowest BCUT2D eigenvalue weighted by molar-refractivity contribution is -0.174. The van der Waals surface area contributed by atoms with Crippen molar-refractivity contribution >= 4 is 29.6 Å². The summed E-state index contributed by atoms with van der Waals surface area (Å²) in [7, 11) is 0. The second kappa shape index (κ2) is 13.4. The molecule has 1 aliphatic heterocycles. The molecule has 41 heavy (non-hydrogen) atoms. The van der Waals surface area contributed by atoms with Gasteiger partial charge in [-0.05, 0) is 19.1 Å². The number of alkyl halides is 3. The van der Waals surface area contributed by atoms with E-state index >= 15 is 0 Å². The molecule has 222 valence electrons. The largest absolute Gasteiger partial charge is 0.471 e. The monoisotopic (exact) mass is 584 g/mol. The third-order valence-corrected chi connectivity index (χ3v) is 5.67. The quantitative estimate of drug-likeness (QED) is 0.307. The van der Waals surface area contributed by atoms with Crippen LogP contribution in [0.5, 0.6) is 0 Å². The van der Waals surface area contributed by atoms with Crippen LogP contribution in [-0.4, -0.2) is 77.6 Å². The summed E-state index contributed by atoms with van der Waals surface area (Å²) in [4.78, 5) is 63.9. The van der Waals surface area contributed by atoms with E-state index in [4.69, 9.17) is 18.9 Å². The number of nitrogens with zero attached hydrogens (tertiary/aromatic N) is 2. The Balaban J connectivity index is 1.88. The molecule has 2 heterocycles. The fraction of sp³-hybridized carbons (Fsp3) is 0.440. The van der Waals surface area contributed by atoms with E-state index in [2.05, 4.69) is 10.3 Å². The van der Waals surface area contributed by atoms with Gasteiger partial charge < -0.3 is 29.6 Å². The molecule has 0 saturated carbocycles. The van der Waals surface area contributed by atoms with Crippen molar-refractivity contribution in [1.29, 1.82) is 0 Å². The second-order valence-electron chi connectivity index (χ2n) is 8.81. The van der Waals surface area contributed by atoms with Gasteiger partial charge in [0.05, 0.1) is 6.61 Å². The van der Waals surface area contributed by atoms with Gasteiger partial charge in [0.1, 0.15) is 24.6 Å². The van der Waals surface area contributed by atoms with Gasteiger partial charge >= 0.3 is 29.7 Å². The third-order valence-electron chi connectivity index (χ3n) is 5.67. The lowest BCUT2D eigenvalue weighted by Gasteiger charge is -2.25. The second-order valence-corrected chi connectivity index (χ2v) is 8.81. The number of nitrogens with one attached hydrogen (secondary N) is 2.